The number of carbonyl (C=O) groups is 1. The van der Waals surface area contributed by atoms with Crippen molar-refractivity contribution in [2.75, 3.05) is 0 Å². The van der Waals surface area contributed by atoms with E-state index in [0.717, 1.165) is 12.1 Å². The molecule has 0 fully saturated rings. The van der Waals surface area contributed by atoms with E-state index >= 15 is 0 Å². The monoisotopic (exact) mass is 194 g/mol. The minimum atomic E-state index is -0.843. The van der Waals surface area contributed by atoms with Gasteiger partial charge in [-0.3, -0.25) is 4.79 Å². The van der Waals surface area contributed by atoms with Crippen molar-refractivity contribution in [1.82, 2.24) is 9.97 Å². The van der Waals surface area contributed by atoms with Gasteiger partial charge in [0.05, 0.1) is 6.42 Å². The molecule has 1 N–H and O–H groups in total. The van der Waals surface area contributed by atoms with Crippen LogP contribution in [0.25, 0.3) is 0 Å². The third-order valence-corrected chi connectivity index (χ3v) is 1.82. The van der Waals surface area contributed by atoms with Gasteiger partial charge in [-0.2, -0.15) is 0 Å². The molecule has 76 valence electrons. The summed E-state index contributed by atoms with van der Waals surface area (Å²) in [6.07, 6.45) is 3.84. The molecular formula is C10H14N2O2. The van der Waals surface area contributed by atoms with Crippen molar-refractivity contribution in [2.45, 2.75) is 26.7 Å². The minimum absolute atomic E-state index is 0.00287. The first-order chi connectivity index (χ1) is 6.59. The molecule has 14 heavy (non-hydrogen) atoms. The van der Waals surface area contributed by atoms with Crippen molar-refractivity contribution in [3.63, 3.8) is 0 Å². The van der Waals surface area contributed by atoms with E-state index in [9.17, 15) is 4.79 Å². The zero-order valence-corrected chi connectivity index (χ0v) is 8.40. The average molecular weight is 194 g/mol. The third kappa shape index (κ3) is 3.12. The summed E-state index contributed by atoms with van der Waals surface area (Å²) in [5, 5.41) is 8.67. The molecule has 0 spiro atoms. The smallest absolute Gasteiger partial charge is 0.307 e. The quantitative estimate of drug-likeness (QED) is 0.784. The zero-order valence-electron chi connectivity index (χ0n) is 8.40. The van der Waals surface area contributed by atoms with Crippen LogP contribution in [0.3, 0.4) is 0 Å². The molecule has 1 aromatic rings. The molecule has 1 heterocycles. The average Bonchev–Trinajstić information content (AvgIpc) is 2.06. The fourth-order valence-corrected chi connectivity index (χ4v) is 1.26. The van der Waals surface area contributed by atoms with E-state index in [1.165, 1.54) is 6.33 Å². The Kier molecular flexibility index (Phi) is 3.56. The largest absolute Gasteiger partial charge is 0.481 e. The first kappa shape index (κ1) is 10.6. The van der Waals surface area contributed by atoms with Crippen LogP contribution >= 0.6 is 0 Å². The summed E-state index contributed by atoms with van der Waals surface area (Å²) in [4.78, 5) is 18.5. The van der Waals surface area contributed by atoms with Crippen LogP contribution in [0.5, 0.6) is 0 Å². The molecule has 0 aliphatic carbocycles. The molecule has 4 nitrogen and oxygen atoms in total. The fraction of sp³-hybridized carbons (Fsp3) is 0.500. The first-order valence-corrected chi connectivity index (χ1v) is 4.59. The summed E-state index contributed by atoms with van der Waals surface area (Å²) in [6, 6.07) is 0. The lowest BCUT2D eigenvalue weighted by molar-refractivity contribution is -0.136. The predicted octanol–water partition coefficient (Wildman–Crippen LogP) is 1.30. The van der Waals surface area contributed by atoms with Gasteiger partial charge in [0.2, 0.25) is 0 Å². The number of aliphatic carboxylic acids is 1. The van der Waals surface area contributed by atoms with Crippen LogP contribution < -0.4 is 0 Å². The standard InChI is InChI=1S/C10H14N2O2/c1-7(2)3-9-8(4-10(13)14)5-11-6-12-9/h5-7H,3-4H2,1-2H3,(H,13,14). The third-order valence-electron chi connectivity index (χ3n) is 1.82. The van der Waals surface area contributed by atoms with Crippen molar-refractivity contribution < 1.29 is 9.90 Å². The molecular weight excluding hydrogens is 180 g/mol. The summed E-state index contributed by atoms with van der Waals surface area (Å²) < 4.78 is 0. The molecule has 0 saturated carbocycles. The first-order valence-electron chi connectivity index (χ1n) is 4.59. The number of hydrogen-bond donors (Lipinski definition) is 1. The van der Waals surface area contributed by atoms with E-state index in [-0.39, 0.29) is 6.42 Å². The Balaban J connectivity index is 2.85. The number of carboxylic acids is 1. The maximum atomic E-state index is 10.6. The summed E-state index contributed by atoms with van der Waals surface area (Å²) in [5.74, 6) is -0.373. The lowest BCUT2D eigenvalue weighted by Gasteiger charge is -2.07. The molecule has 1 aromatic heterocycles. The number of nitrogens with zero attached hydrogens (tertiary/aromatic N) is 2. The van der Waals surface area contributed by atoms with E-state index in [0.29, 0.717) is 11.5 Å². The Morgan fingerprint density at radius 2 is 2.29 bits per heavy atom. The molecule has 0 atom stereocenters. The van der Waals surface area contributed by atoms with Gasteiger partial charge in [0, 0.05) is 17.5 Å². The second-order valence-electron chi connectivity index (χ2n) is 3.66. The molecule has 0 bridgehead atoms. The molecule has 0 saturated heterocycles. The highest BCUT2D eigenvalue weighted by Crippen LogP contribution is 2.10. The lowest BCUT2D eigenvalue weighted by atomic mass is 10.0. The van der Waals surface area contributed by atoms with Crippen LogP contribution in [0.2, 0.25) is 0 Å². The Labute approximate surface area is 83.0 Å². The van der Waals surface area contributed by atoms with Crippen molar-refractivity contribution in [3.05, 3.63) is 23.8 Å². The Morgan fingerprint density at radius 1 is 1.57 bits per heavy atom. The zero-order chi connectivity index (χ0) is 10.6. The second kappa shape index (κ2) is 4.69. The summed E-state index contributed by atoms with van der Waals surface area (Å²) in [7, 11) is 0. The van der Waals surface area contributed by atoms with Gasteiger partial charge in [-0.25, -0.2) is 9.97 Å². The van der Waals surface area contributed by atoms with Gasteiger partial charge in [-0.1, -0.05) is 13.8 Å². The van der Waals surface area contributed by atoms with Crippen LogP contribution in [-0.4, -0.2) is 21.0 Å². The second-order valence-corrected chi connectivity index (χ2v) is 3.66. The predicted molar refractivity (Wildman–Crippen MR) is 51.9 cm³/mol. The highest BCUT2D eigenvalue weighted by Gasteiger charge is 2.09. The van der Waals surface area contributed by atoms with Gasteiger partial charge < -0.3 is 5.11 Å². The van der Waals surface area contributed by atoms with Gasteiger partial charge in [0.15, 0.2) is 0 Å². The highest BCUT2D eigenvalue weighted by molar-refractivity contribution is 5.70. The fourth-order valence-electron chi connectivity index (χ4n) is 1.26. The van der Waals surface area contributed by atoms with E-state index in [1.807, 2.05) is 0 Å². The van der Waals surface area contributed by atoms with Crippen molar-refractivity contribution in [1.29, 1.82) is 0 Å². The van der Waals surface area contributed by atoms with Crippen molar-refractivity contribution >= 4 is 5.97 Å². The van der Waals surface area contributed by atoms with Crippen LogP contribution in [0, 0.1) is 5.92 Å². The van der Waals surface area contributed by atoms with Crippen LogP contribution in [0.15, 0.2) is 12.5 Å². The van der Waals surface area contributed by atoms with Gasteiger partial charge in [-0.15, -0.1) is 0 Å². The molecule has 0 amide bonds. The molecule has 0 aliphatic rings. The van der Waals surface area contributed by atoms with Crippen LogP contribution in [0.1, 0.15) is 25.1 Å². The number of carboxylic acid groups (broad SMARTS) is 1. The molecule has 0 aromatic carbocycles. The Hall–Kier alpha value is -1.45. The van der Waals surface area contributed by atoms with Crippen molar-refractivity contribution in [3.8, 4) is 0 Å². The number of hydrogen-bond acceptors (Lipinski definition) is 3. The molecule has 0 unspecified atom stereocenters. The minimum Gasteiger partial charge on any atom is -0.481 e. The van der Waals surface area contributed by atoms with E-state index in [2.05, 4.69) is 23.8 Å². The molecule has 1 rings (SSSR count). The summed E-state index contributed by atoms with van der Waals surface area (Å²) >= 11 is 0. The lowest BCUT2D eigenvalue weighted by Crippen LogP contribution is -2.08. The van der Waals surface area contributed by atoms with Gasteiger partial charge in [0.25, 0.3) is 0 Å². The van der Waals surface area contributed by atoms with Crippen molar-refractivity contribution in [2.24, 2.45) is 5.92 Å². The van der Waals surface area contributed by atoms with Crippen LogP contribution in [0.4, 0.5) is 0 Å². The SMILES string of the molecule is CC(C)Cc1ncncc1CC(=O)O. The van der Waals surface area contributed by atoms with E-state index in [4.69, 9.17) is 5.11 Å². The summed E-state index contributed by atoms with van der Waals surface area (Å²) in [5.41, 5.74) is 1.56. The van der Waals surface area contributed by atoms with Gasteiger partial charge >= 0.3 is 5.97 Å². The molecule has 0 radical (unpaired) electrons. The molecule has 4 heteroatoms. The maximum absolute atomic E-state index is 10.6. The van der Waals surface area contributed by atoms with E-state index < -0.39 is 5.97 Å². The topological polar surface area (TPSA) is 63.1 Å². The van der Waals surface area contributed by atoms with Gasteiger partial charge in [-0.05, 0) is 12.3 Å². The van der Waals surface area contributed by atoms with Crippen LogP contribution in [-0.2, 0) is 17.6 Å². The number of rotatable bonds is 4. The number of aromatic nitrogens is 2. The summed E-state index contributed by atoms with van der Waals surface area (Å²) in [6.45, 7) is 4.15. The normalized spacial score (nSPS) is 10.5. The maximum Gasteiger partial charge on any atom is 0.307 e. The highest BCUT2D eigenvalue weighted by atomic mass is 16.4. The Morgan fingerprint density at radius 3 is 2.86 bits per heavy atom. The Bertz CT molecular complexity index is 324. The molecule has 0 aliphatic heterocycles. The van der Waals surface area contributed by atoms with Gasteiger partial charge in [0.1, 0.15) is 6.33 Å². The van der Waals surface area contributed by atoms with E-state index in [1.54, 1.807) is 6.20 Å².